The number of hydrogen-bond acceptors (Lipinski definition) is 8. The molecular weight excluding hydrogens is 605 g/mol. The number of nitrogens with two attached hydrogens (primary N) is 1. The lowest BCUT2D eigenvalue weighted by Gasteiger charge is -2.22. The van der Waals surface area contributed by atoms with Crippen molar-refractivity contribution in [3.63, 3.8) is 0 Å². The van der Waals surface area contributed by atoms with Gasteiger partial charge in [-0.05, 0) is 49.6 Å². The average Bonchev–Trinajstić information content (AvgIpc) is 2.98. The molecule has 1 aromatic heterocycles. The summed E-state index contributed by atoms with van der Waals surface area (Å²) in [6, 6.07) is 19.3. The molecule has 0 saturated heterocycles. The van der Waals surface area contributed by atoms with E-state index in [0.717, 1.165) is 5.56 Å². The van der Waals surface area contributed by atoms with E-state index in [4.69, 9.17) is 19.9 Å². The lowest BCUT2D eigenvalue weighted by atomic mass is 10.0. The number of carboxylic acid groups (broad SMARTS) is 1. The molecule has 0 spiro atoms. The average molecular weight is 639 g/mol. The number of halogens is 3. The van der Waals surface area contributed by atoms with Gasteiger partial charge in [0.25, 0.3) is 0 Å². The van der Waals surface area contributed by atoms with Crippen molar-refractivity contribution in [2.45, 2.75) is 51.1 Å². The molecular formula is C33H33F3N4O6. The molecule has 0 fully saturated rings. The van der Waals surface area contributed by atoms with Crippen molar-refractivity contribution >= 4 is 18.0 Å². The SMILES string of the molecule is COc1cccc(-c2ccc([C@@H](Oc3cc(-c4ccc(CC(NC(=O)OC(C)(C)C)C(=O)O)cc4)nc(N)n3)C(F)(F)F)cc2)c1. The fourth-order valence-electron chi connectivity index (χ4n) is 4.45. The monoisotopic (exact) mass is 638 g/mol. The van der Waals surface area contributed by atoms with Gasteiger partial charge < -0.3 is 30.4 Å². The van der Waals surface area contributed by atoms with Gasteiger partial charge in [-0.2, -0.15) is 18.2 Å². The Labute approximate surface area is 263 Å². The van der Waals surface area contributed by atoms with Gasteiger partial charge >= 0.3 is 18.2 Å². The van der Waals surface area contributed by atoms with E-state index >= 15 is 0 Å². The van der Waals surface area contributed by atoms with Crippen LogP contribution in [0.25, 0.3) is 22.4 Å². The number of anilines is 1. The Morgan fingerprint density at radius 3 is 2.15 bits per heavy atom. The van der Waals surface area contributed by atoms with Crippen molar-refractivity contribution in [3.05, 3.63) is 90.0 Å². The molecule has 13 heteroatoms. The number of nitrogens with one attached hydrogen (secondary N) is 1. The maximum atomic E-state index is 14.2. The molecule has 3 aromatic carbocycles. The summed E-state index contributed by atoms with van der Waals surface area (Å²) in [6.45, 7) is 4.96. The molecule has 0 bridgehead atoms. The first-order valence-corrected chi connectivity index (χ1v) is 14.1. The number of ether oxygens (including phenoxy) is 3. The minimum absolute atomic E-state index is 0.0565. The lowest BCUT2D eigenvalue weighted by molar-refractivity contribution is -0.198. The smallest absolute Gasteiger partial charge is 0.429 e. The Morgan fingerprint density at radius 2 is 1.57 bits per heavy atom. The fourth-order valence-corrected chi connectivity index (χ4v) is 4.45. The maximum Gasteiger partial charge on any atom is 0.429 e. The molecule has 4 rings (SSSR count). The molecule has 0 aliphatic carbocycles. The number of amides is 1. The van der Waals surface area contributed by atoms with E-state index in [2.05, 4.69) is 15.3 Å². The van der Waals surface area contributed by atoms with Crippen LogP contribution >= 0.6 is 0 Å². The van der Waals surface area contributed by atoms with Crippen LogP contribution in [-0.2, 0) is 16.0 Å². The first kappa shape index (κ1) is 33.6. The number of carbonyl (C=O) groups excluding carboxylic acids is 1. The van der Waals surface area contributed by atoms with E-state index in [9.17, 15) is 27.9 Å². The van der Waals surface area contributed by atoms with Crippen molar-refractivity contribution in [2.75, 3.05) is 12.8 Å². The Kier molecular flexibility index (Phi) is 10.0. The maximum absolute atomic E-state index is 14.2. The van der Waals surface area contributed by atoms with Gasteiger partial charge in [0, 0.05) is 23.6 Å². The third kappa shape index (κ3) is 9.10. The van der Waals surface area contributed by atoms with E-state index < -0.39 is 41.9 Å². The van der Waals surface area contributed by atoms with Crippen LogP contribution < -0.4 is 20.5 Å². The van der Waals surface area contributed by atoms with Crippen LogP contribution in [-0.4, -0.2) is 52.1 Å². The zero-order valence-corrected chi connectivity index (χ0v) is 25.5. The number of aromatic nitrogens is 2. The van der Waals surface area contributed by atoms with Crippen LogP contribution in [0.3, 0.4) is 0 Å². The molecule has 2 atom stereocenters. The molecule has 46 heavy (non-hydrogen) atoms. The molecule has 0 radical (unpaired) electrons. The second-order valence-electron chi connectivity index (χ2n) is 11.3. The molecule has 1 amide bonds. The molecule has 10 nitrogen and oxygen atoms in total. The summed E-state index contributed by atoms with van der Waals surface area (Å²) in [5, 5.41) is 11.9. The molecule has 4 N–H and O–H groups in total. The van der Waals surface area contributed by atoms with Gasteiger partial charge in [-0.1, -0.05) is 60.7 Å². The van der Waals surface area contributed by atoms with E-state index in [1.54, 1.807) is 75.4 Å². The number of methoxy groups -OCH3 is 1. The number of rotatable bonds is 10. The number of benzene rings is 3. The first-order valence-electron chi connectivity index (χ1n) is 14.1. The number of alkyl carbamates (subject to hydrolysis) is 1. The number of nitrogen functional groups attached to an aromatic ring is 1. The molecule has 0 aliphatic rings. The zero-order chi connectivity index (χ0) is 33.6. The quantitative estimate of drug-likeness (QED) is 0.175. The van der Waals surface area contributed by atoms with Crippen molar-refractivity contribution in [3.8, 4) is 34.0 Å². The largest absolute Gasteiger partial charge is 0.497 e. The third-order valence-electron chi connectivity index (χ3n) is 6.55. The van der Waals surface area contributed by atoms with E-state index in [1.807, 2.05) is 6.07 Å². The number of nitrogens with zero attached hydrogens (tertiary/aromatic N) is 2. The van der Waals surface area contributed by atoms with Gasteiger partial charge in [0.1, 0.15) is 17.4 Å². The Balaban J connectivity index is 1.52. The van der Waals surface area contributed by atoms with Gasteiger partial charge in [0.15, 0.2) is 0 Å². The van der Waals surface area contributed by atoms with Crippen LogP contribution in [0.2, 0.25) is 0 Å². The number of alkyl halides is 3. The summed E-state index contributed by atoms with van der Waals surface area (Å²) in [6.07, 6.45) is -8.06. The van der Waals surface area contributed by atoms with E-state index in [-0.39, 0.29) is 23.6 Å². The van der Waals surface area contributed by atoms with Crippen molar-refractivity contribution < 1.29 is 42.1 Å². The van der Waals surface area contributed by atoms with E-state index in [1.165, 1.54) is 25.3 Å². The molecule has 242 valence electrons. The van der Waals surface area contributed by atoms with Crippen LogP contribution in [0.5, 0.6) is 11.6 Å². The second-order valence-corrected chi connectivity index (χ2v) is 11.3. The zero-order valence-electron chi connectivity index (χ0n) is 25.5. The Bertz CT molecular complexity index is 1670. The minimum atomic E-state index is -4.78. The van der Waals surface area contributed by atoms with Gasteiger partial charge in [0.2, 0.25) is 17.9 Å². The number of carbonyl (C=O) groups is 2. The Hall–Kier alpha value is -5.33. The minimum Gasteiger partial charge on any atom is -0.497 e. The molecule has 0 aliphatic heterocycles. The Morgan fingerprint density at radius 1 is 0.913 bits per heavy atom. The van der Waals surface area contributed by atoms with Gasteiger partial charge in [0.05, 0.1) is 12.8 Å². The van der Waals surface area contributed by atoms with E-state index in [0.29, 0.717) is 22.4 Å². The highest BCUT2D eigenvalue weighted by Crippen LogP contribution is 2.38. The van der Waals surface area contributed by atoms with Crippen molar-refractivity contribution in [1.29, 1.82) is 0 Å². The number of carboxylic acids is 1. The predicted molar refractivity (Wildman–Crippen MR) is 164 cm³/mol. The highest BCUT2D eigenvalue weighted by Gasteiger charge is 2.43. The first-order chi connectivity index (χ1) is 21.6. The molecule has 0 saturated carbocycles. The van der Waals surface area contributed by atoms with Crippen LogP contribution in [0.4, 0.5) is 23.9 Å². The van der Waals surface area contributed by atoms with Gasteiger partial charge in [-0.15, -0.1) is 0 Å². The second kappa shape index (κ2) is 13.8. The summed E-state index contributed by atoms with van der Waals surface area (Å²) in [7, 11) is 1.53. The summed E-state index contributed by atoms with van der Waals surface area (Å²) >= 11 is 0. The third-order valence-corrected chi connectivity index (χ3v) is 6.55. The summed E-state index contributed by atoms with van der Waals surface area (Å²) < 4.78 is 58.4. The van der Waals surface area contributed by atoms with Crippen molar-refractivity contribution in [1.82, 2.24) is 15.3 Å². The molecule has 1 heterocycles. The summed E-state index contributed by atoms with van der Waals surface area (Å²) in [5.74, 6) is -1.34. The topological polar surface area (TPSA) is 146 Å². The molecule has 1 unspecified atom stereocenters. The van der Waals surface area contributed by atoms with Crippen molar-refractivity contribution in [2.24, 2.45) is 0 Å². The number of aliphatic carboxylic acids is 1. The normalized spacial score (nSPS) is 12.9. The summed E-state index contributed by atoms with van der Waals surface area (Å²) in [4.78, 5) is 31.8. The fraction of sp³-hybridized carbons (Fsp3) is 0.273. The highest BCUT2D eigenvalue weighted by atomic mass is 19.4. The van der Waals surface area contributed by atoms with Gasteiger partial charge in [-0.3, -0.25) is 0 Å². The highest BCUT2D eigenvalue weighted by molar-refractivity contribution is 5.80. The van der Waals surface area contributed by atoms with Gasteiger partial charge in [-0.25, -0.2) is 14.6 Å². The predicted octanol–water partition coefficient (Wildman–Crippen LogP) is 6.60. The lowest BCUT2D eigenvalue weighted by Crippen LogP contribution is -2.44. The molecule has 4 aromatic rings. The van der Waals surface area contributed by atoms with Crippen LogP contribution in [0.1, 0.15) is 38.0 Å². The van der Waals surface area contributed by atoms with Crippen LogP contribution in [0, 0.1) is 0 Å². The van der Waals surface area contributed by atoms with Crippen LogP contribution in [0.15, 0.2) is 78.9 Å². The number of hydrogen-bond donors (Lipinski definition) is 3. The summed E-state index contributed by atoms with van der Waals surface area (Å²) in [5.41, 5.74) is 7.55. The standard InChI is InChI=1S/C33H33F3N4O6/c1-32(2,3)46-31(43)39-26(29(41)42)16-19-8-10-21(11-9-19)25-18-27(40-30(37)38-25)45-28(33(34,35)36)22-14-12-20(13-15-22)23-6-5-7-24(17-23)44-4/h5-15,17-18,26,28H,16H2,1-4H3,(H,39,43)(H,41,42)(H2,37,38,40)/t26?,28-/m1/s1.